The molecular weight excluding hydrogens is 252 g/mol. The molecule has 2 nitrogen and oxygen atoms in total. The molecule has 0 aliphatic carbocycles. The van der Waals surface area contributed by atoms with Crippen molar-refractivity contribution in [3.63, 3.8) is 0 Å². The fourth-order valence-electron chi connectivity index (χ4n) is 2.81. The van der Waals surface area contributed by atoms with Gasteiger partial charge in [-0.25, -0.2) is 0 Å². The minimum Gasteiger partial charge on any atom is -0.367 e. The minimum atomic E-state index is 0.935. The number of thiophene rings is 1. The number of hydrogen-bond donors (Lipinski definition) is 1. The largest absolute Gasteiger partial charge is 0.367 e. The summed E-state index contributed by atoms with van der Waals surface area (Å²) in [5, 5.41) is 5.50. The first kappa shape index (κ1) is 12.7. The van der Waals surface area contributed by atoms with Crippen LogP contribution < -0.4 is 10.2 Å². The fraction of sp³-hybridized carbons (Fsp3) is 0.375. The third-order valence-electron chi connectivity index (χ3n) is 3.75. The summed E-state index contributed by atoms with van der Waals surface area (Å²) >= 11 is 1.90. The molecule has 100 valence electrons. The van der Waals surface area contributed by atoms with E-state index in [9.17, 15) is 0 Å². The topological polar surface area (TPSA) is 15.3 Å². The number of nitrogens with zero attached hydrogens (tertiary/aromatic N) is 1. The van der Waals surface area contributed by atoms with Crippen molar-refractivity contribution >= 4 is 17.0 Å². The molecule has 1 N–H and O–H groups in total. The number of anilines is 1. The van der Waals surface area contributed by atoms with Crippen LogP contribution >= 0.6 is 11.3 Å². The Morgan fingerprint density at radius 1 is 1.32 bits per heavy atom. The lowest BCUT2D eigenvalue weighted by molar-refractivity contribution is 0.729. The summed E-state index contributed by atoms with van der Waals surface area (Å²) in [6.45, 7) is 5.28. The number of fused-ring (bicyclic) bond motifs is 1. The summed E-state index contributed by atoms with van der Waals surface area (Å²) in [6, 6.07) is 9.07. The zero-order chi connectivity index (χ0) is 13.2. The number of hydrogen-bond acceptors (Lipinski definition) is 3. The first-order valence-electron chi connectivity index (χ1n) is 6.82. The minimum absolute atomic E-state index is 0.935. The summed E-state index contributed by atoms with van der Waals surface area (Å²) in [7, 11) is 2.01. The quantitative estimate of drug-likeness (QED) is 0.922. The van der Waals surface area contributed by atoms with E-state index in [-0.39, 0.29) is 0 Å². The van der Waals surface area contributed by atoms with E-state index in [1.54, 1.807) is 4.88 Å². The molecule has 0 bridgehead atoms. The van der Waals surface area contributed by atoms with E-state index in [0.717, 1.165) is 19.6 Å². The number of aryl methyl sites for hydroxylation is 1. The van der Waals surface area contributed by atoms with Gasteiger partial charge in [0.1, 0.15) is 0 Å². The monoisotopic (exact) mass is 272 g/mol. The highest BCUT2D eigenvalue weighted by molar-refractivity contribution is 7.10. The molecular formula is C16H20N2S. The summed E-state index contributed by atoms with van der Waals surface area (Å²) < 4.78 is 0. The van der Waals surface area contributed by atoms with Gasteiger partial charge in [-0.2, -0.15) is 0 Å². The van der Waals surface area contributed by atoms with Crippen LogP contribution in [0.15, 0.2) is 29.6 Å². The smallest absolute Gasteiger partial charge is 0.0440 e. The average molecular weight is 272 g/mol. The molecule has 0 saturated carbocycles. The van der Waals surface area contributed by atoms with Crippen LogP contribution in [0.2, 0.25) is 0 Å². The van der Waals surface area contributed by atoms with Gasteiger partial charge in [0.15, 0.2) is 0 Å². The molecule has 2 heterocycles. The third-order valence-corrected chi connectivity index (χ3v) is 4.77. The molecule has 0 unspecified atom stereocenters. The van der Waals surface area contributed by atoms with Crippen LogP contribution in [0, 0.1) is 6.92 Å². The summed E-state index contributed by atoms with van der Waals surface area (Å²) in [5.74, 6) is 0. The molecule has 1 aliphatic heterocycles. The maximum absolute atomic E-state index is 3.28. The molecule has 1 aliphatic rings. The van der Waals surface area contributed by atoms with Crippen molar-refractivity contribution < 1.29 is 0 Å². The predicted octanol–water partition coefficient (Wildman–Crippen LogP) is 3.34. The number of rotatable bonds is 3. The maximum atomic E-state index is 3.28. The first-order chi connectivity index (χ1) is 9.28. The molecule has 19 heavy (non-hydrogen) atoms. The Bertz CT molecular complexity index is 574. The van der Waals surface area contributed by atoms with Crippen molar-refractivity contribution in [1.82, 2.24) is 5.32 Å². The molecule has 0 saturated heterocycles. The van der Waals surface area contributed by atoms with Gasteiger partial charge in [-0.05, 0) is 49.0 Å². The second-order valence-corrected chi connectivity index (χ2v) is 6.20. The van der Waals surface area contributed by atoms with Crippen molar-refractivity contribution in [3.05, 3.63) is 51.2 Å². The Labute approximate surface area is 119 Å². The molecule has 0 radical (unpaired) electrons. The van der Waals surface area contributed by atoms with Crippen molar-refractivity contribution in [1.29, 1.82) is 0 Å². The lowest BCUT2D eigenvalue weighted by atomic mass is 10.0. The van der Waals surface area contributed by atoms with Crippen molar-refractivity contribution in [2.75, 3.05) is 18.5 Å². The molecule has 0 spiro atoms. The predicted molar refractivity (Wildman–Crippen MR) is 83.0 cm³/mol. The molecule has 0 amide bonds. The van der Waals surface area contributed by atoms with E-state index in [4.69, 9.17) is 0 Å². The van der Waals surface area contributed by atoms with E-state index in [0.29, 0.717) is 0 Å². The summed E-state index contributed by atoms with van der Waals surface area (Å²) in [5.41, 5.74) is 5.63. The molecule has 2 aromatic rings. The Morgan fingerprint density at radius 3 is 3.05 bits per heavy atom. The van der Waals surface area contributed by atoms with Crippen LogP contribution in [0.25, 0.3) is 0 Å². The Hall–Kier alpha value is -1.32. The van der Waals surface area contributed by atoms with Gasteiger partial charge in [0.05, 0.1) is 0 Å². The molecule has 1 aromatic carbocycles. The number of nitrogens with one attached hydrogen (secondary N) is 1. The summed E-state index contributed by atoms with van der Waals surface area (Å²) in [6.07, 6.45) is 1.18. The zero-order valence-electron chi connectivity index (χ0n) is 11.6. The van der Waals surface area contributed by atoms with Gasteiger partial charge in [-0.15, -0.1) is 11.3 Å². The van der Waals surface area contributed by atoms with E-state index in [2.05, 4.69) is 46.8 Å². The van der Waals surface area contributed by atoms with E-state index >= 15 is 0 Å². The third kappa shape index (κ3) is 2.53. The Balaban J connectivity index is 1.90. The number of benzene rings is 1. The van der Waals surface area contributed by atoms with Crippen LogP contribution in [-0.2, 0) is 19.5 Å². The van der Waals surface area contributed by atoms with Crippen molar-refractivity contribution in [3.8, 4) is 0 Å². The van der Waals surface area contributed by atoms with E-state index < -0.39 is 0 Å². The van der Waals surface area contributed by atoms with Crippen LogP contribution in [0.5, 0.6) is 0 Å². The molecule has 0 fully saturated rings. The van der Waals surface area contributed by atoms with Gasteiger partial charge in [-0.3, -0.25) is 0 Å². The SMILES string of the molecule is CNCc1cc(C)ccc1N1CCc2sccc2C1. The first-order valence-corrected chi connectivity index (χ1v) is 7.70. The zero-order valence-corrected chi connectivity index (χ0v) is 12.4. The lowest BCUT2D eigenvalue weighted by Gasteiger charge is -2.31. The highest BCUT2D eigenvalue weighted by atomic mass is 32.1. The second-order valence-electron chi connectivity index (χ2n) is 5.20. The molecule has 1 aromatic heterocycles. The fourth-order valence-corrected chi connectivity index (χ4v) is 3.70. The van der Waals surface area contributed by atoms with Crippen molar-refractivity contribution in [2.45, 2.75) is 26.4 Å². The van der Waals surface area contributed by atoms with Crippen LogP contribution in [-0.4, -0.2) is 13.6 Å². The molecule has 0 atom stereocenters. The van der Waals surface area contributed by atoms with Gasteiger partial charge in [0.25, 0.3) is 0 Å². The highest BCUT2D eigenvalue weighted by Crippen LogP contribution is 2.30. The molecule has 3 heteroatoms. The van der Waals surface area contributed by atoms with Crippen LogP contribution in [0.4, 0.5) is 5.69 Å². The Kier molecular flexibility index (Phi) is 3.58. The van der Waals surface area contributed by atoms with Gasteiger partial charge in [0, 0.05) is 30.2 Å². The Morgan fingerprint density at radius 2 is 2.21 bits per heavy atom. The maximum Gasteiger partial charge on any atom is 0.0440 e. The van der Waals surface area contributed by atoms with E-state index in [1.165, 1.54) is 28.8 Å². The van der Waals surface area contributed by atoms with E-state index in [1.807, 2.05) is 18.4 Å². The summed E-state index contributed by atoms with van der Waals surface area (Å²) in [4.78, 5) is 4.08. The highest BCUT2D eigenvalue weighted by Gasteiger charge is 2.19. The van der Waals surface area contributed by atoms with Gasteiger partial charge in [-0.1, -0.05) is 17.7 Å². The lowest BCUT2D eigenvalue weighted by Crippen LogP contribution is -2.30. The normalized spacial score (nSPS) is 14.5. The molecule has 3 rings (SSSR count). The van der Waals surface area contributed by atoms with Crippen molar-refractivity contribution in [2.24, 2.45) is 0 Å². The van der Waals surface area contributed by atoms with Gasteiger partial charge >= 0.3 is 0 Å². The standard InChI is InChI=1S/C16H20N2S/c1-12-3-4-15(14(9-12)10-17-2)18-7-5-16-13(11-18)6-8-19-16/h3-4,6,8-9,17H,5,7,10-11H2,1-2H3. The van der Waals surface area contributed by atoms with Crippen LogP contribution in [0.3, 0.4) is 0 Å². The van der Waals surface area contributed by atoms with Crippen LogP contribution in [0.1, 0.15) is 21.6 Å². The van der Waals surface area contributed by atoms with Gasteiger partial charge in [0.2, 0.25) is 0 Å². The average Bonchev–Trinajstić information content (AvgIpc) is 2.86. The van der Waals surface area contributed by atoms with Gasteiger partial charge < -0.3 is 10.2 Å². The second kappa shape index (κ2) is 5.35.